The van der Waals surface area contributed by atoms with Crippen molar-refractivity contribution in [1.29, 1.82) is 0 Å². The molecule has 0 fully saturated rings. The molecule has 1 aromatic carbocycles. The first-order chi connectivity index (χ1) is 12.6. The largest absolute Gasteiger partial charge is 0.454 e. The van der Waals surface area contributed by atoms with Gasteiger partial charge in [-0.2, -0.15) is 0 Å². The Morgan fingerprint density at radius 1 is 1.31 bits per heavy atom. The molecule has 1 aliphatic heterocycles. The summed E-state index contributed by atoms with van der Waals surface area (Å²) in [6.45, 7) is 2.25. The lowest BCUT2D eigenvalue weighted by Gasteiger charge is -2.08. The first kappa shape index (κ1) is 16.6. The predicted octanol–water partition coefficient (Wildman–Crippen LogP) is 2.45. The maximum Gasteiger partial charge on any atom is 0.280 e. The van der Waals surface area contributed by atoms with Crippen molar-refractivity contribution in [2.24, 2.45) is 0 Å². The Balaban J connectivity index is 1.44. The third-order valence-corrected chi connectivity index (χ3v) is 5.36. The van der Waals surface area contributed by atoms with E-state index in [1.165, 1.54) is 17.7 Å². The van der Waals surface area contributed by atoms with Crippen LogP contribution in [0.3, 0.4) is 0 Å². The lowest BCUT2D eigenvalue weighted by Crippen LogP contribution is -2.33. The normalized spacial score (nSPS) is 12.5. The number of amides is 1. The second kappa shape index (κ2) is 6.80. The van der Waals surface area contributed by atoms with E-state index >= 15 is 0 Å². The fraction of sp³-hybridized carbons (Fsp3) is 0.278. The molecule has 7 nitrogen and oxygen atoms in total. The summed E-state index contributed by atoms with van der Waals surface area (Å²) in [5, 5.41) is 0.533. The molecule has 134 valence electrons. The predicted molar refractivity (Wildman–Crippen MR) is 98.5 cm³/mol. The van der Waals surface area contributed by atoms with Gasteiger partial charge >= 0.3 is 0 Å². The quantitative estimate of drug-likeness (QED) is 0.745. The van der Waals surface area contributed by atoms with Crippen LogP contribution < -0.4 is 20.5 Å². The molecular weight excluding hydrogens is 354 g/mol. The van der Waals surface area contributed by atoms with Crippen LogP contribution >= 0.6 is 11.3 Å². The number of aryl methyl sites for hydroxylation is 2. The first-order valence-electron chi connectivity index (χ1n) is 8.32. The van der Waals surface area contributed by atoms with Crippen LogP contribution in [0.4, 0.5) is 0 Å². The molecule has 1 N–H and O–H groups in total. The van der Waals surface area contributed by atoms with Gasteiger partial charge in [-0.1, -0.05) is 13.0 Å². The average molecular weight is 371 g/mol. The van der Waals surface area contributed by atoms with Crippen LogP contribution in [0.1, 0.15) is 23.8 Å². The van der Waals surface area contributed by atoms with Crippen molar-refractivity contribution in [3.63, 3.8) is 0 Å². The van der Waals surface area contributed by atoms with E-state index in [9.17, 15) is 9.59 Å². The Kier molecular flexibility index (Phi) is 4.34. The number of fused-ring (bicyclic) bond motifs is 2. The van der Waals surface area contributed by atoms with Crippen LogP contribution in [0, 0.1) is 0 Å². The molecule has 26 heavy (non-hydrogen) atoms. The number of benzene rings is 1. The van der Waals surface area contributed by atoms with Gasteiger partial charge in [-0.25, -0.2) is 9.66 Å². The van der Waals surface area contributed by atoms with Gasteiger partial charge in [0.2, 0.25) is 12.7 Å². The minimum atomic E-state index is -0.262. The van der Waals surface area contributed by atoms with E-state index < -0.39 is 0 Å². The third-order valence-electron chi connectivity index (χ3n) is 4.17. The first-order valence-corrected chi connectivity index (χ1v) is 9.14. The number of ether oxygens (including phenoxy) is 2. The van der Waals surface area contributed by atoms with Gasteiger partial charge in [0.05, 0.1) is 5.39 Å². The summed E-state index contributed by atoms with van der Waals surface area (Å²) in [6, 6.07) is 7.44. The highest BCUT2D eigenvalue weighted by Crippen LogP contribution is 2.32. The Morgan fingerprint density at radius 2 is 2.15 bits per heavy atom. The summed E-state index contributed by atoms with van der Waals surface area (Å²) in [4.78, 5) is 30.7. The van der Waals surface area contributed by atoms with Crippen LogP contribution in [0.15, 0.2) is 35.4 Å². The van der Waals surface area contributed by atoms with Crippen LogP contribution in [0.25, 0.3) is 10.2 Å². The molecule has 0 saturated heterocycles. The second-order valence-corrected chi connectivity index (χ2v) is 7.04. The van der Waals surface area contributed by atoms with Gasteiger partial charge in [0.1, 0.15) is 11.2 Å². The van der Waals surface area contributed by atoms with Crippen molar-refractivity contribution in [2.45, 2.75) is 26.2 Å². The van der Waals surface area contributed by atoms with E-state index in [0.29, 0.717) is 28.1 Å². The number of nitrogens with one attached hydrogen (secondary N) is 1. The van der Waals surface area contributed by atoms with Crippen molar-refractivity contribution in [1.82, 2.24) is 9.66 Å². The molecule has 0 bridgehead atoms. The summed E-state index contributed by atoms with van der Waals surface area (Å²) in [7, 11) is 0. The zero-order chi connectivity index (χ0) is 18.1. The highest BCUT2D eigenvalue weighted by Gasteiger charge is 2.14. The van der Waals surface area contributed by atoms with E-state index in [1.54, 1.807) is 0 Å². The van der Waals surface area contributed by atoms with Gasteiger partial charge < -0.3 is 9.47 Å². The summed E-state index contributed by atoms with van der Waals surface area (Å²) in [6.07, 6.45) is 2.99. The van der Waals surface area contributed by atoms with Gasteiger partial charge in [0, 0.05) is 11.3 Å². The molecule has 0 unspecified atom stereocenters. The van der Waals surface area contributed by atoms with E-state index in [1.807, 2.05) is 31.2 Å². The lowest BCUT2D eigenvalue weighted by molar-refractivity contribution is -0.117. The van der Waals surface area contributed by atoms with Crippen LogP contribution in [-0.4, -0.2) is 22.4 Å². The topological polar surface area (TPSA) is 82.5 Å². The minimum Gasteiger partial charge on any atom is -0.454 e. The van der Waals surface area contributed by atoms with E-state index in [4.69, 9.17) is 9.47 Å². The van der Waals surface area contributed by atoms with Crippen LogP contribution in [0.5, 0.6) is 11.5 Å². The number of thiophene rings is 1. The molecule has 8 heteroatoms. The SMILES string of the molecule is CCc1cc2c(=O)n(NC(=O)CCc3ccc4c(c3)OCO4)cnc2s1. The molecule has 1 aliphatic rings. The molecular formula is C18H17N3O4S. The van der Waals surface area contributed by atoms with Crippen molar-refractivity contribution in [3.8, 4) is 11.5 Å². The highest BCUT2D eigenvalue weighted by atomic mass is 32.1. The Labute approximate surface area is 153 Å². The van der Waals surface area contributed by atoms with E-state index in [-0.39, 0.29) is 24.7 Å². The maximum atomic E-state index is 12.5. The zero-order valence-electron chi connectivity index (χ0n) is 14.2. The van der Waals surface area contributed by atoms with Crippen molar-refractivity contribution < 1.29 is 14.3 Å². The Morgan fingerprint density at radius 3 is 3.00 bits per heavy atom. The number of nitrogens with zero attached hydrogens (tertiary/aromatic N) is 2. The lowest BCUT2D eigenvalue weighted by atomic mass is 10.1. The Hall–Kier alpha value is -2.87. The van der Waals surface area contributed by atoms with Gasteiger partial charge in [-0.15, -0.1) is 11.3 Å². The molecule has 1 amide bonds. The fourth-order valence-electron chi connectivity index (χ4n) is 2.77. The van der Waals surface area contributed by atoms with Gasteiger partial charge in [-0.05, 0) is 36.6 Å². The van der Waals surface area contributed by atoms with Gasteiger partial charge in [0.25, 0.3) is 5.56 Å². The van der Waals surface area contributed by atoms with E-state index in [2.05, 4.69) is 10.4 Å². The number of rotatable bonds is 5. The fourth-order valence-corrected chi connectivity index (χ4v) is 3.70. The molecule has 0 saturated carbocycles. The minimum absolute atomic E-state index is 0.222. The maximum absolute atomic E-state index is 12.5. The summed E-state index contributed by atoms with van der Waals surface area (Å²) >= 11 is 1.50. The van der Waals surface area contributed by atoms with Crippen LogP contribution in [0.2, 0.25) is 0 Å². The molecule has 0 aliphatic carbocycles. The molecule has 3 aromatic rings. The molecule has 2 aromatic heterocycles. The highest BCUT2D eigenvalue weighted by molar-refractivity contribution is 7.18. The smallest absolute Gasteiger partial charge is 0.280 e. The van der Waals surface area contributed by atoms with Crippen molar-refractivity contribution in [3.05, 3.63) is 51.4 Å². The third kappa shape index (κ3) is 3.15. The standard InChI is InChI=1S/C18H17N3O4S/c1-2-12-8-13-17(26-12)19-9-21(18(13)23)20-16(22)6-4-11-3-5-14-15(7-11)25-10-24-14/h3,5,7-9H,2,4,6,10H2,1H3,(H,20,22). The van der Waals surface area contributed by atoms with Gasteiger partial charge in [0.15, 0.2) is 11.5 Å². The summed E-state index contributed by atoms with van der Waals surface area (Å²) in [5.74, 6) is 1.15. The number of hydrogen-bond acceptors (Lipinski definition) is 6. The zero-order valence-corrected chi connectivity index (χ0v) is 15.0. The van der Waals surface area contributed by atoms with Crippen molar-refractivity contribution in [2.75, 3.05) is 12.2 Å². The average Bonchev–Trinajstić information content (AvgIpc) is 3.28. The summed E-state index contributed by atoms with van der Waals surface area (Å²) < 4.78 is 11.8. The monoisotopic (exact) mass is 371 g/mol. The summed E-state index contributed by atoms with van der Waals surface area (Å²) in [5.41, 5.74) is 3.31. The number of carbonyl (C=O) groups is 1. The number of hydrogen-bond donors (Lipinski definition) is 1. The molecule has 0 atom stereocenters. The van der Waals surface area contributed by atoms with Gasteiger partial charge in [-0.3, -0.25) is 15.0 Å². The molecule has 4 rings (SSSR count). The molecule has 0 spiro atoms. The number of carbonyl (C=O) groups excluding carboxylic acids is 1. The Bertz CT molecular complexity index is 1040. The van der Waals surface area contributed by atoms with E-state index in [0.717, 1.165) is 21.5 Å². The molecule has 3 heterocycles. The van der Waals surface area contributed by atoms with Crippen LogP contribution in [-0.2, 0) is 17.6 Å². The second-order valence-electron chi connectivity index (χ2n) is 5.93. The molecule has 0 radical (unpaired) electrons. The van der Waals surface area contributed by atoms with Crippen molar-refractivity contribution >= 4 is 27.5 Å². The number of aromatic nitrogens is 2.